The van der Waals surface area contributed by atoms with Gasteiger partial charge in [-0.05, 0) is 38.0 Å². The molecule has 2 heterocycles. The van der Waals surface area contributed by atoms with Crippen molar-refractivity contribution in [2.75, 3.05) is 6.54 Å². The molecule has 24 heavy (non-hydrogen) atoms. The number of hydrogen-bond acceptors (Lipinski definition) is 3. The van der Waals surface area contributed by atoms with Gasteiger partial charge in [0.2, 0.25) is 0 Å². The van der Waals surface area contributed by atoms with Crippen LogP contribution in [0.25, 0.3) is 11.3 Å². The van der Waals surface area contributed by atoms with Gasteiger partial charge in [0.1, 0.15) is 0 Å². The molecule has 2 aromatic rings. The van der Waals surface area contributed by atoms with Crippen LogP contribution in [0.15, 0.2) is 30.6 Å². The summed E-state index contributed by atoms with van der Waals surface area (Å²) in [6.45, 7) is 3.24. The van der Waals surface area contributed by atoms with Gasteiger partial charge < -0.3 is 10.6 Å². The highest BCUT2D eigenvalue weighted by Crippen LogP contribution is 2.18. The molecule has 0 saturated heterocycles. The van der Waals surface area contributed by atoms with E-state index in [1.54, 1.807) is 6.20 Å². The molecule has 0 bridgehead atoms. The summed E-state index contributed by atoms with van der Waals surface area (Å²) in [4.78, 5) is 16.1. The minimum atomic E-state index is -0.0702. The molecule has 1 saturated carbocycles. The molecule has 1 aliphatic carbocycles. The molecule has 0 spiro atoms. The first-order valence-electron chi connectivity index (χ1n) is 8.71. The maximum Gasteiger partial charge on any atom is 0.315 e. The smallest absolute Gasteiger partial charge is 0.315 e. The maximum atomic E-state index is 12.0. The zero-order chi connectivity index (χ0) is 16.8. The lowest BCUT2D eigenvalue weighted by atomic mass is 9.96. The lowest BCUT2D eigenvalue weighted by Gasteiger charge is -2.22. The summed E-state index contributed by atoms with van der Waals surface area (Å²) < 4.78 is 1.92. The Bertz CT molecular complexity index is 661. The lowest BCUT2D eigenvalue weighted by Crippen LogP contribution is -2.43. The van der Waals surface area contributed by atoms with Crippen molar-refractivity contribution in [1.29, 1.82) is 0 Å². The van der Waals surface area contributed by atoms with Gasteiger partial charge in [0.15, 0.2) is 0 Å². The second kappa shape index (κ2) is 7.95. The Morgan fingerprint density at radius 3 is 2.92 bits per heavy atom. The van der Waals surface area contributed by atoms with E-state index in [-0.39, 0.29) is 6.03 Å². The van der Waals surface area contributed by atoms with Crippen molar-refractivity contribution < 1.29 is 4.79 Å². The Kier molecular flexibility index (Phi) is 5.46. The van der Waals surface area contributed by atoms with Gasteiger partial charge in [0.25, 0.3) is 0 Å². The van der Waals surface area contributed by atoms with Gasteiger partial charge in [-0.15, -0.1) is 0 Å². The number of carbonyl (C=O) groups excluding carboxylic acids is 1. The second-order valence-electron chi connectivity index (χ2n) is 6.37. The summed E-state index contributed by atoms with van der Waals surface area (Å²) in [5.41, 5.74) is 2.98. The minimum absolute atomic E-state index is 0.0702. The van der Waals surface area contributed by atoms with Crippen LogP contribution in [0.2, 0.25) is 0 Å². The van der Waals surface area contributed by atoms with Crippen LogP contribution in [0.4, 0.5) is 4.79 Å². The fourth-order valence-electron chi connectivity index (χ4n) is 3.15. The first-order chi connectivity index (χ1) is 11.7. The van der Waals surface area contributed by atoms with Crippen LogP contribution >= 0.6 is 0 Å². The fourth-order valence-corrected chi connectivity index (χ4v) is 3.15. The second-order valence-corrected chi connectivity index (χ2v) is 6.37. The van der Waals surface area contributed by atoms with Crippen LogP contribution in [0, 0.1) is 6.92 Å². The van der Waals surface area contributed by atoms with E-state index in [1.807, 2.05) is 36.0 Å². The van der Waals surface area contributed by atoms with E-state index >= 15 is 0 Å². The number of nitrogens with zero attached hydrogens (tertiary/aromatic N) is 3. The van der Waals surface area contributed by atoms with E-state index in [0.717, 1.165) is 29.8 Å². The van der Waals surface area contributed by atoms with Crippen LogP contribution in [-0.2, 0) is 6.54 Å². The quantitative estimate of drug-likeness (QED) is 0.887. The zero-order valence-electron chi connectivity index (χ0n) is 14.2. The molecule has 0 unspecified atom stereocenters. The number of carbonyl (C=O) groups is 1. The molecule has 1 aliphatic rings. The van der Waals surface area contributed by atoms with Crippen molar-refractivity contribution in [2.24, 2.45) is 0 Å². The van der Waals surface area contributed by atoms with Crippen molar-refractivity contribution in [2.45, 2.75) is 51.6 Å². The molecule has 2 aromatic heterocycles. The summed E-state index contributed by atoms with van der Waals surface area (Å²) in [6, 6.07) is 6.20. The molecule has 0 atom stereocenters. The van der Waals surface area contributed by atoms with Crippen LogP contribution in [0.5, 0.6) is 0 Å². The first kappa shape index (κ1) is 16.5. The van der Waals surface area contributed by atoms with E-state index < -0.39 is 0 Å². The number of amides is 2. The Balaban J connectivity index is 1.48. The Hall–Kier alpha value is -2.37. The van der Waals surface area contributed by atoms with E-state index in [2.05, 4.69) is 20.7 Å². The van der Waals surface area contributed by atoms with Crippen LogP contribution in [0.3, 0.4) is 0 Å². The highest BCUT2D eigenvalue weighted by Gasteiger charge is 2.15. The number of aromatic nitrogens is 3. The molecule has 0 aliphatic heterocycles. The third-order valence-electron chi connectivity index (χ3n) is 4.49. The standard InChI is InChI=1S/C18H25N5O/c1-14-12-17(15-6-5-9-19-13-15)22-23(14)11-10-20-18(24)21-16-7-3-2-4-8-16/h5-6,9,12-13,16H,2-4,7-8,10-11H2,1H3,(H2,20,21,24). The predicted octanol–water partition coefficient (Wildman–Crippen LogP) is 2.89. The van der Waals surface area contributed by atoms with Crippen molar-refractivity contribution in [1.82, 2.24) is 25.4 Å². The summed E-state index contributed by atoms with van der Waals surface area (Å²) >= 11 is 0. The number of nitrogens with one attached hydrogen (secondary N) is 2. The van der Waals surface area contributed by atoms with E-state index in [4.69, 9.17) is 0 Å². The Labute approximate surface area is 142 Å². The monoisotopic (exact) mass is 327 g/mol. The van der Waals surface area contributed by atoms with Gasteiger partial charge in [0.05, 0.1) is 12.2 Å². The number of rotatable bonds is 5. The van der Waals surface area contributed by atoms with Gasteiger partial charge in [-0.3, -0.25) is 9.67 Å². The molecule has 1 fully saturated rings. The highest BCUT2D eigenvalue weighted by molar-refractivity contribution is 5.74. The number of urea groups is 1. The molecule has 6 heteroatoms. The predicted molar refractivity (Wildman–Crippen MR) is 93.6 cm³/mol. The number of aryl methyl sites for hydroxylation is 1. The number of pyridine rings is 1. The largest absolute Gasteiger partial charge is 0.336 e. The molecule has 2 N–H and O–H groups in total. The average Bonchev–Trinajstić information content (AvgIpc) is 2.98. The minimum Gasteiger partial charge on any atom is -0.336 e. The SMILES string of the molecule is Cc1cc(-c2cccnc2)nn1CCNC(=O)NC1CCCCC1. The van der Waals surface area contributed by atoms with Gasteiger partial charge in [-0.1, -0.05) is 19.3 Å². The Morgan fingerprint density at radius 1 is 1.33 bits per heavy atom. The van der Waals surface area contributed by atoms with Crippen LogP contribution in [-0.4, -0.2) is 33.4 Å². The normalized spacial score (nSPS) is 15.2. The molecule has 2 amide bonds. The van der Waals surface area contributed by atoms with Crippen molar-refractivity contribution in [3.63, 3.8) is 0 Å². The van der Waals surface area contributed by atoms with Crippen LogP contribution < -0.4 is 10.6 Å². The van der Waals surface area contributed by atoms with Gasteiger partial charge in [0, 0.05) is 36.2 Å². The first-order valence-corrected chi connectivity index (χ1v) is 8.71. The molecular formula is C18H25N5O. The summed E-state index contributed by atoms with van der Waals surface area (Å²) in [7, 11) is 0. The molecule has 0 aromatic carbocycles. The summed E-state index contributed by atoms with van der Waals surface area (Å²) in [6.07, 6.45) is 9.48. The van der Waals surface area contributed by atoms with Gasteiger partial charge >= 0.3 is 6.03 Å². The molecule has 128 valence electrons. The van der Waals surface area contributed by atoms with Crippen molar-refractivity contribution in [3.05, 3.63) is 36.3 Å². The summed E-state index contributed by atoms with van der Waals surface area (Å²) in [5.74, 6) is 0. The Morgan fingerprint density at radius 2 is 2.17 bits per heavy atom. The van der Waals surface area contributed by atoms with Crippen LogP contribution in [0.1, 0.15) is 37.8 Å². The third kappa shape index (κ3) is 4.34. The molecule has 6 nitrogen and oxygen atoms in total. The van der Waals surface area contributed by atoms with E-state index in [0.29, 0.717) is 19.1 Å². The zero-order valence-corrected chi connectivity index (χ0v) is 14.2. The third-order valence-corrected chi connectivity index (χ3v) is 4.49. The van der Waals surface area contributed by atoms with Crippen molar-refractivity contribution in [3.8, 4) is 11.3 Å². The van der Waals surface area contributed by atoms with Gasteiger partial charge in [-0.25, -0.2) is 4.79 Å². The fraction of sp³-hybridized carbons (Fsp3) is 0.500. The highest BCUT2D eigenvalue weighted by atomic mass is 16.2. The molecule has 3 rings (SSSR count). The average molecular weight is 327 g/mol. The summed E-state index contributed by atoms with van der Waals surface area (Å²) in [5, 5.41) is 10.6. The number of hydrogen-bond donors (Lipinski definition) is 2. The molecule has 0 radical (unpaired) electrons. The van der Waals surface area contributed by atoms with E-state index in [1.165, 1.54) is 19.3 Å². The lowest BCUT2D eigenvalue weighted by molar-refractivity contribution is 0.232. The molecular weight excluding hydrogens is 302 g/mol. The van der Waals surface area contributed by atoms with Crippen molar-refractivity contribution >= 4 is 6.03 Å². The van der Waals surface area contributed by atoms with E-state index in [9.17, 15) is 4.79 Å². The topological polar surface area (TPSA) is 71.8 Å². The maximum absolute atomic E-state index is 12.0. The van der Waals surface area contributed by atoms with Gasteiger partial charge in [-0.2, -0.15) is 5.10 Å².